The number of halogens is 2. The third kappa shape index (κ3) is 4.96. The van der Waals surface area contributed by atoms with Crippen LogP contribution in [0.25, 0.3) is 11.4 Å². The first-order chi connectivity index (χ1) is 14.1. The number of anilines is 1. The average Bonchev–Trinajstić information content (AvgIpc) is 3.19. The van der Waals surface area contributed by atoms with E-state index in [1.54, 1.807) is 18.2 Å². The first kappa shape index (κ1) is 19.9. The zero-order chi connectivity index (χ0) is 20.2. The molecular weight excluding hydrogens is 411 g/mol. The number of hydrogen-bond donors (Lipinski definition) is 1. The molecule has 1 aliphatic heterocycles. The van der Waals surface area contributed by atoms with Gasteiger partial charge in [-0.05, 0) is 37.6 Å². The highest BCUT2D eigenvalue weighted by molar-refractivity contribution is 6.36. The van der Waals surface area contributed by atoms with Crippen molar-refractivity contribution in [2.24, 2.45) is 5.92 Å². The topological polar surface area (TPSA) is 71.3 Å². The standard InChI is InChI=1S/C21H20Cl2N4O2/c22-16-8-9-18(17(23)11-16)24-21(28)15-7-4-10-27(12-15)13-19-25-20(26-29-19)14-5-2-1-3-6-14/h1-3,5-6,8-9,11,15H,4,7,10,12-13H2,(H,24,28). The van der Waals surface area contributed by atoms with Crippen LogP contribution in [-0.2, 0) is 11.3 Å². The maximum absolute atomic E-state index is 12.7. The van der Waals surface area contributed by atoms with Crippen molar-refractivity contribution in [1.29, 1.82) is 0 Å². The second-order valence-corrected chi connectivity index (χ2v) is 7.91. The van der Waals surface area contributed by atoms with Crippen molar-refractivity contribution in [2.45, 2.75) is 19.4 Å². The van der Waals surface area contributed by atoms with Crippen molar-refractivity contribution in [1.82, 2.24) is 15.0 Å². The van der Waals surface area contributed by atoms with Gasteiger partial charge in [-0.25, -0.2) is 0 Å². The Balaban J connectivity index is 1.37. The molecule has 0 saturated carbocycles. The number of carbonyl (C=O) groups excluding carboxylic acids is 1. The Hall–Kier alpha value is -2.41. The minimum Gasteiger partial charge on any atom is -0.338 e. The molecule has 2 heterocycles. The zero-order valence-corrected chi connectivity index (χ0v) is 17.2. The normalized spacial score (nSPS) is 17.2. The Morgan fingerprint density at radius 2 is 2.03 bits per heavy atom. The monoisotopic (exact) mass is 430 g/mol. The number of carbonyl (C=O) groups is 1. The van der Waals surface area contributed by atoms with Gasteiger partial charge in [0.05, 0.1) is 23.2 Å². The van der Waals surface area contributed by atoms with Gasteiger partial charge < -0.3 is 9.84 Å². The maximum atomic E-state index is 12.7. The second-order valence-electron chi connectivity index (χ2n) is 7.07. The molecule has 0 aliphatic carbocycles. The fourth-order valence-electron chi connectivity index (χ4n) is 3.45. The van der Waals surface area contributed by atoms with Crippen LogP contribution in [0.15, 0.2) is 53.1 Å². The predicted molar refractivity (Wildman–Crippen MR) is 113 cm³/mol. The first-order valence-electron chi connectivity index (χ1n) is 9.45. The molecule has 1 atom stereocenters. The van der Waals surface area contributed by atoms with Crippen molar-refractivity contribution in [3.63, 3.8) is 0 Å². The highest BCUT2D eigenvalue weighted by Crippen LogP contribution is 2.27. The van der Waals surface area contributed by atoms with E-state index in [2.05, 4.69) is 20.4 Å². The van der Waals surface area contributed by atoms with E-state index in [4.69, 9.17) is 27.7 Å². The van der Waals surface area contributed by atoms with E-state index in [0.717, 1.165) is 24.9 Å². The molecule has 6 nitrogen and oxygen atoms in total. The lowest BCUT2D eigenvalue weighted by molar-refractivity contribution is -0.121. The van der Waals surface area contributed by atoms with Gasteiger partial charge in [0.1, 0.15) is 0 Å². The predicted octanol–water partition coefficient (Wildman–Crippen LogP) is 4.89. The third-order valence-corrected chi connectivity index (χ3v) is 5.47. The molecule has 1 unspecified atom stereocenters. The molecule has 4 rings (SSSR count). The number of piperidine rings is 1. The lowest BCUT2D eigenvalue weighted by atomic mass is 9.97. The number of hydrogen-bond acceptors (Lipinski definition) is 5. The summed E-state index contributed by atoms with van der Waals surface area (Å²) >= 11 is 12.1. The molecule has 2 aromatic carbocycles. The number of benzene rings is 2. The van der Waals surface area contributed by atoms with Gasteiger partial charge in [0.25, 0.3) is 0 Å². The molecule has 1 N–H and O–H groups in total. The van der Waals surface area contributed by atoms with Crippen molar-refractivity contribution in [3.05, 3.63) is 64.5 Å². The summed E-state index contributed by atoms with van der Waals surface area (Å²) in [5.74, 6) is 0.941. The smallest absolute Gasteiger partial charge is 0.241 e. The van der Waals surface area contributed by atoms with Gasteiger partial charge in [-0.1, -0.05) is 58.7 Å². The van der Waals surface area contributed by atoms with Crippen molar-refractivity contribution >= 4 is 34.8 Å². The van der Waals surface area contributed by atoms with Crippen LogP contribution in [0.1, 0.15) is 18.7 Å². The Kier molecular flexibility index (Phi) is 6.13. The van der Waals surface area contributed by atoms with Crippen LogP contribution >= 0.6 is 23.2 Å². The van der Waals surface area contributed by atoms with Crippen molar-refractivity contribution < 1.29 is 9.32 Å². The largest absolute Gasteiger partial charge is 0.338 e. The molecule has 0 bridgehead atoms. The molecule has 1 aliphatic rings. The average molecular weight is 431 g/mol. The quantitative estimate of drug-likeness (QED) is 0.623. The molecule has 150 valence electrons. The summed E-state index contributed by atoms with van der Waals surface area (Å²) in [7, 11) is 0. The fraction of sp³-hybridized carbons (Fsp3) is 0.286. The van der Waals surface area contributed by atoms with E-state index < -0.39 is 0 Å². The summed E-state index contributed by atoms with van der Waals surface area (Å²) in [5.41, 5.74) is 1.49. The zero-order valence-electron chi connectivity index (χ0n) is 15.6. The summed E-state index contributed by atoms with van der Waals surface area (Å²) in [6.45, 7) is 2.03. The maximum Gasteiger partial charge on any atom is 0.241 e. The van der Waals surface area contributed by atoms with Gasteiger partial charge in [0.15, 0.2) is 0 Å². The lowest BCUT2D eigenvalue weighted by Gasteiger charge is -2.30. The summed E-state index contributed by atoms with van der Waals surface area (Å²) < 4.78 is 5.41. The summed E-state index contributed by atoms with van der Waals surface area (Å²) in [4.78, 5) is 19.4. The third-order valence-electron chi connectivity index (χ3n) is 4.92. The molecule has 1 saturated heterocycles. The van der Waals surface area contributed by atoms with E-state index in [0.29, 0.717) is 40.5 Å². The molecule has 29 heavy (non-hydrogen) atoms. The first-order valence-corrected chi connectivity index (χ1v) is 10.2. The van der Waals surface area contributed by atoms with Crippen LogP contribution in [0.3, 0.4) is 0 Å². The second kappa shape index (κ2) is 8.95. The molecule has 3 aromatic rings. The van der Waals surface area contributed by atoms with Crippen LogP contribution in [0.2, 0.25) is 10.0 Å². The van der Waals surface area contributed by atoms with Crippen LogP contribution in [0.4, 0.5) is 5.69 Å². The number of rotatable bonds is 5. The summed E-state index contributed by atoms with van der Waals surface area (Å²) in [5, 5.41) is 7.93. The van der Waals surface area contributed by atoms with Gasteiger partial charge in [-0.15, -0.1) is 0 Å². The Morgan fingerprint density at radius 3 is 2.83 bits per heavy atom. The highest BCUT2D eigenvalue weighted by Gasteiger charge is 2.27. The lowest BCUT2D eigenvalue weighted by Crippen LogP contribution is -2.40. The molecule has 1 fully saturated rings. The summed E-state index contributed by atoms with van der Waals surface area (Å²) in [6.07, 6.45) is 1.75. The highest BCUT2D eigenvalue weighted by atomic mass is 35.5. The van der Waals surface area contributed by atoms with E-state index in [1.807, 2.05) is 30.3 Å². The fourth-order valence-corrected chi connectivity index (χ4v) is 3.91. The number of nitrogens with one attached hydrogen (secondary N) is 1. The minimum atomic E-state index is -0.132. The Morgan fingerprint density at radius 1 is 1.21 bits per heavy atom. The van der Waals surface area contributed by atoms with Crippen LogP contribution < -0.4 is 5.32 Å². The molecule has 8 heteroatoms. The van der Waals surface area contributed by atoms with Gasteiger partial charge in [-0.2, -0.15) is 4.98 Å². The molecular formula is C21H20Cl2N4O2. The van der Waals surface area contributed by atoms with E-state index in [1.165, 1.54) is 0 Å². The number of aromatic nitrogens is 2. The molecule has 0 radical (unpaired) electrons. The van der Waals surface area contributed by atoms with Crippen LogP contribution in [0.5, 0.6) is 0 Å². The van der Waals surface area contributed by atoms with E-state index in [9.17, 15) is 4.79 Å². The van der Waals surface area contributed by atoms with Gasteiger partial charge in [-0.3, -0.25) is 9.69 Å². The number of amides is 1. The molecule has 1 amide bonds. The molecule has 0 spiro atoms. The van der Waals surface area contributed by atoms with Crippen molar-refractivity contribution in [3.8, 4) is 11.4 Å². The van der Waals surface area contributed by atoms with Crippen LogP contribution in [0, 0.1) is 5.92 Å². The van der Waals surface area contributed by atoms with Crippen LogP contribution in [-0.4, -0.2) is 34.0 Å². The molecule has 1 aromatic heterocycles. The van der Waals surface area contributed by atoms with Gasteiger partial charge in [0, 0.05) is 17.1 Å². The van der Waals surface area contributed by atoms with E-state index >= 15 is 0 Å². The Bertz CT molecular complexity index is 993. The number of likely N-dealkylation sites (tertiary alicyclic amines) is 1. The van der Waals surface area contributed by atoms with Gasteiger partial charge >= 0.3 is 0 Å². The number of nitrogens with zero attached hydrogens (tertiary/aromatic N) is 3. The SMILES string of the molecule is O=C(Nc1ccc(Cl)cc1Cl)C1CCCN(Cc2nc(-c3ccccc3)no2)C1. The van der Waals surface area contributed by atoms with Crippen molar-refractivity contribution in [2.75, 3.05) is 18.4 Å². The van der Waals surface area contributed by atoms with E-state index in [-0.39, 0.29) is 11.8 Å². The minimum absolute atomic E-state index is 0.0468. The summed E-state index contributed by atoms with van der Waals surface area (Å²) in [6, 6.07) is 14.7. The Labute approximate surface area is 178 Å². The van der Waals surface area contributed by atoms with Gasteiger partial charge in [0.2, 0.25) is 17.6 Å².